The number of carbonyl (C=O) groups excluding carboxylic acids is 2. The Labute approximate surface area is 194 Å². The number of benzene rings is 2. The van der Waals surface area contributed by atoms with E-state index in [0.717, 1.165) is 30.3 Å². The first-order valence-electron chi connectivity index (χ1n) is 11.1. The van der Waals surface area contributed by atoms with Crippen molar-refractivity contribution < 1.29 is 18.7 Å². The number of rotatable bonds is 10. The third kappa shape index (κ3) is 8.05. The molecule has 2 aromatic carbocycles. The Morgan fingerprint density at radius 3 is 2.61 bits per heavy atom. The second-order valence-electron chi connectivity index (χ2n) is 7.70. The lowest BCUT2D eigenvalue weighted by Gasteiger charge is -2.07. The van der Waals surface area contributed by atoms with Gasteiger partial charge in [0.05, 0.1) is 6.61 Å². The zero-order valence-electron chi connectivity index (χ0n) is 18.6. The molecule has 3 nitrogen and oxygen atoms in total. The summed E-state index contributed by atoms with van der Waals surface area (Å²) in [5, 5.41) is 0. The third-order valence-electron chi connectivity index (χ3n) is 5.17. The number of aldehydes is 1. The Balaban J connectivity index is 1.40. The van der Waals surface area contributed by atoms with E-state index in [-0.39, 0.29) is 24.5 Å². The summed E-state index contributed by atoms with van der Waals surface area (Å²) in [5.41, 5.74) is 3.06. The first kappa shape index (κ1) is 23.9. The summed E-state index contributed by atoms with van der Waals surface area (Å²) < 4.78 is 19.7. The van der Waals surface area contributed by atoms with Crippen LogP contribution in [0.5, 0.6) is 5.75 Å². The van der Waals surface area contributed by atoms with Gasteiger partial charge in [-0.25, -0.2) is 4.39 Å². The van der Waals surface area contributed by atoms with Gasteiger partial charge < -0.3 is 9.53 Å². The highest BCUT2D eigenvalue weighted by atomic mass is 19.1. The summed E-state index contributed by atoms with van der Waals surface area (Å²) >= 11 is 0. The summed E-state index contributed by atoms with van der Waals surface area (Å²) in [7, 11) is 0. The largest absolute Gasteiger partial charge is 0.494 e. The zero-order valence-corrected chi connectivity index (χ0v) is 18.6. The van der Waals surface area contributed by atoms with Crippen molar-refractivity contribution in [2.45, 2.75) is 38.5 Å². The molecule has 1 aliphatic carbocycles. The van der Waals surface area contributed by atoms with E-state index in [2.05, 4.69) is 11.8 Å². The number of hydrogen-bond acceptors (Lipinski definition) is 3. The molecule has 0 bridgehead atoms. The first-order chi connectivity index (χ1) is 16.2. The predicted octanol–water partition coefficient (Wildman–Crippen LogP) is 6.34. The van der Waals surface area contributed by atoms with Crippen LogP contribution in [0.3, 0.4) is 0 Å². The summed E-state index contributed by atoms with van der Waals surface area (Å²) in [6.07, 6.45) is 10.9. The highest BCUT2D eigenvalue weighted by molar-refractivity contribution is 5.98. The molecule has 0 amide bonds. The minimum atomic E-state index is -0.261. The van der Waals surface area contributed by atoms with Crippen molar-refractivity contribution in [1.82, 2.24) is 0 Å². The minimum absolute atomic E-state index is 0.0460. The van der Waals surface area contributed by atoms with Gasteiger partial charge in [-0.05, 0) is 60.4 Å². The van der Waals surface area contributed by atoms with E-state index in [0.29, 0.717) is 36.3 Å². The van der Waals surface area contributed by atoms with Crippen molar-refractivity contribution >= 4 is 12.1 Å². The maximum absolute atomic E-state index is 14.0. The van der Waals surface area contributed by atoms with E-state index < -0.39 is 0 Å². The average Bonchev–Trinajstić information content (AvgIpc) is 3.05. The number of aryl methyl sites for hydroxylation is 1. The van der Waals surface area contributed by atoms with Gasteiger partial charge in [0.15, 0.2) is 5.78 Å². The smallest absolute Gasteiger partial charge is 0.167 e. The molecule has 0 heterocycles. The molecule has 168 valence electrons. The lowest BCUT2D eigenvalue weighted by molar-refractivity contribution is -0.107. The number of halogens is 1. The maximum Gasteiger partial charge on any atom is 0.167 e. The summed E-state index contributed by atoms with van der Waals surface area (Å²) in [6.45, 7) is 0.530. The topological polar surface area (TPSA) is 43.4 Å². The molecule has 0 saturated carbocycles. The lowest BCUT2D eigenvalue weighted by Crippen LogP contribution is -2.02. The van der Waals surface area contributed by atoms with Crippen LogP contribution in [0.4, 0.5) is 4.39 Å². The molecule has 0 radical (unpaired) electrons. The van der Waals surface area contributed by atoms with Crippen LogP contribution in [-0.4, -0.2) is 18.7 Å². The fourth-order valence-electron chi connectivity index (χ4n) is 3.31. The molecule has 0 fully saturated rings. The molecule has 0 aliphatic heterocycles. The standard InChI is InChI=1S/C29H27FO3/c30-28-11-5-1-4-10-26(28)22-29(32)25-16-18-27(19-17-25)33-21-6-2-3-8-23-12-14-24(15-13-23)9-7-20-31/h1,4-5,10,12-20H,2,6-7,9,11,21-22H2. The van der Waals surface area contributed by atoms with Crippen molar-refractivity contribution in [3.63, 3.8) is 0 Å². The number of unbranched alkanes of at least 4 members (excludes halogenated alkanes) is 1. The summed E-state index contributed by atoms with van der Waals surface area (Å²) in [6, 6.07) is 14.9. The molecule has 4 heteroatoms. The monoisotopic (exact) mass is 442 g/mol. The molecule has 1 aliphatic rings. The fourth-order valence-corrected chi connectivity index (χ4v) is 3.31. The number of ether oxygens (including phenoxy) is 1. The van der Waals surface area contributed by atoms with Crippen LogP contribution in [0.1, 0.15) is 53.6 Å². The number of allylic oxidation sites excluding steroid dienone is 6. The number of hydrogen-bond donors (Lipinski definition) is 0. The molecule has 3 rings (SSSR count). The van der Waals surface area contributed by atoms with E-state index in [4.69, 9.17) is 4.74 Å². The molecule has 2 aromatic rings. The minimum Gasteiger partial charge on any atom is -0.494 e. The van der Waals surface area contributed by atoms with Crippen LogP contribution in [0.2, 0.25) is 0 Å². The molecule has 0 N–H and O–H groups in total. The quantitative estimate of drug-likeness (QED) is 0.187. The van der Waals surface area contributed by atoms with Gasteiger partial charge in [0.25, 0.3) is 0 Å². The fraction of sp³-hybridized carbons (Fsp3) is 0.241. The number of Topliss-reactive ketones (excluding diaryl/α,β-unsaturated/α-hetero) is 1. The molecule has 0 aromatic heterocycles. The molecule has 0 unspecified atom stereocenters. The van der Waals surface area contributed by atoms with Crippen LogP contribution >= 0.6 is 0 Å². The highest BCUT2D eigenvalue weighted by Crippen LogP contribution is 2.22. The second-order valence-corrected chi connectivity index (χ2v) is 7.70. The Morgan fingerprint density at radius 1 is 1.06 bits per heavy atom. The lowest BCUT2D eigenvalue weighted by atomic mass is 10.0. The molecule has 33 heavy (non-hydrogen) atoms. The van der Waals surface area contributed by atoms with Crippen molar-refractivity contribution in [1.29, 1.82) is 0 Å². The van der Waals surface area contributed by atoms with Gasteiger partial charge >= 0.3 is 0 Å². The Hall–Kier alpha value is -3.71. The Kier molecular flexibility index (Phi) is 9.42. The number of carbonyl (C=O) groups is 2. The van der Waals surface area contributed by atoms with Gasteiger partial charge in [-0.1, -0.05) is 48.3 Å². The van der Waals surface area contributed by atoms with Gasteiger partial charge in [0.2, 0.25) is 0 Å². The van der Waals surface area contributed by atoms with E-state index in [1.54, 1.807) is 48.6 Å². The Bertz CT molecular complexity index is 1090. The molecule has 0 saturated heterocycles. The van der Waals surface area contributed by atoms with Crippen molar-refractivity contribution in [3.8, 4) is 17.6 Å². The van der Waals surface area contributed by atoms with Crippen LogP contribution < -0.4 is 4.74 Å². The van der Waals surface area contributed by atoms with Gasteiger partial charge in [-0.2, -0.15) is 0 Å². The molecule has 0 spiro atoms. The molecule has 0 atom stereocenters. The van der Waals surface area contributed by atoms with E-state index in [1.807, 2.05) is 24.3 Å². The van der Waals surface area contributed by atoms with Gasteiger partial charge in [0, 0.05) is 36.8 Å². The van der Waals surface area contributed by atoms with Crippen LogP contribution in [-0.2, 0) is 11.2 Å². The van der Waals surface area contributed by atoms with E-state index in [9.17, 15) is 14.0 Å². The summed E-state index contributed by atoms with van der Waals surface area (Å²) in [4.78, 5) is 22.9. The maximum atomic E-state index is 14.0. The summed E-state index contributed by atoms with van der Waals surface area (Å²) in [5.74, 6) is 6.59. The molecular formula is C29H27FO3. The average molecular weight is 443 g/mol. The van der Waals surface area contributed by atoms with Crippen molar-refractivity contribution in [3.05, 3.63) is 101 Å². The Morgan fingerprint density at radius 2 is 1.85 bits per heavy atom. The van der Waals surface area contributed by atoms with Crippen LogP contribution in [0.25, 0.3) is 0 Å². The second kappa shape index (κ2) is 13.0. The first-order valence-corrected chi connectivity index (χ1v) is 11.1. The van der Waals surface area contributed by atoms with E-state index >= 15 is 0 Å². The van der Waals surface area contributed by atoms with Crippen LogP contribution in [0, 0.1) is 11.8 Å². The van der Waals surface area contributed by atoms with Gasteiger partial charge in [-0.15, -0.1) is 0 Å². The van der Waals surface area contributed by atoms with Gasteiger partial charge in [0.1, 0.15) is 17.9 Å². The highest BCUT2D eigenvalue weighted by Gasteiger charge is 2.12. The normalized spacial score (nSPS) is 12.6. The SMILES string of the molecule is O=CCCc1ccc(C#CCCCOc2ccc(C(=O)CC3=C(F)CC=CC=C3)cc2)cc1. The van der Waals surface area contributed by atoms with Gasteiger partial charge in [-0.3, -0.25) is 4.79 Å². The third-order valence-corrected chi connectivity index (χ3v) is 5.17. The van der Waals surface area contributed by atoms with Crippen LogP contribution in [0.15, 0.2) is 84.2 Å². The van der Waals surface area contributed by atoms with Crippen molar-refractivity contribution in [2.75, 3.05) is 6.61 Å². The zero-order chi connectivity index (χ0) is 23.3. The number of ketones is 1. The molecular weight excluding hydrogens is 415 g/mol. The van der Waals surface area contributed by atoms with Crippen molar-refractivity contribution in [2.24, 2.45) is 0 Å². The van der Waals surface area contributed by atoms with E-state index in [1.165, 1.54) is 0 Å². The predicted molar refractivity (Wildman–Crippen MR) is 129 cm³/mol.